The zero-order valence-corrected chi connectivity index (χ0v) is 14.9. The zero-order valence-electron chi connectivity index (χ0n) is 14.1. The molecule has 0 unspecified atom stereocenters. The highest BCUT2D eigenvalue weighted by atomic mass is 32.2. The number of methoxy groups -OCH3 is 2. The summed E-state index contributed by atoms with van der Waals surface area (Å²) in [5.74, 6) is 2.09. The molecule has 0 bridgehead atoms. The number of anilines is 1. The molecule has 1 atom stereocenters. The van der Waals surface area contributed by atoms with Crippen LogP contribution < -0.4 is 14.4 Å². The minimum Gasteiger partial charge on any atom is -0.497 e. The molecule has 4 nitrogen and oxygen atoms in total. The fourth-order valence-electron chi connectivity index (χ4n) is 2.86. The highest BCUT2D eigenvalue weighted by Gasteiger charge is 2.35. The molecule has 2 aromatic carbocycles. The van der Waals surface area contributed by atoms with E-state index in [1.165, 1.54) is 5.56 Å². The molecule has 1 saturated heterocycles. The zero-order chi connectivity index (χ0) is 17.1. The molecule has 0 radical (unpaired) electrons. The lowest BCUT2D eigenvalue weighted by atomic mass is 10.1. The smallest absolute Gasteiger partial charge is 0.238 e. The Morgan fingerprint density at radius 2 is 1.88 bits per heavy atom. The van der Waals surface area contributed by atoms with Crippen LogP contribution in [0.15, 0.2) is 42.5 Å². The van der Waals surface area contributed by atoms with Gasteiger partial charge < -0.3 is 9.47 Å². The molecule has 0 aliphatic carbocycles. The number of aryl methyl sites for hydroxylation is 1. The Kier molecular flexibility index (Phi) is 5.00. The summed E-state index contributed by atoms with van der Waals surface area (Å²) in [5, 5.41) is -0.116. The van der Waals surface area contributed by atoms with Crippen molar-refractivity contribution in [1.82, 2.24) is 0 Å². The first-order valence-corrected chi connectivity index (χ1v) is 8.97. The standard InChI is InChI=1S/C19H21NO3S/c1-4-13-5-7-14(8-6-13)20-18(21)12-24-19(20)16-11-15(22-2)9-10-17(16)23-3/h5-11,19H,4,12H2,1-3H3/t19-/m1/s1. The Morgan fingerprint density at radius 1 is 1.12 bits per heavy atom. The van der Waals surface area contributed by atoms with E-state index in [0.717, 1.165) is 29.2 Å². The molecule has 1 heterocycles. The quantitative estimate of drug-likeness (QED) is 0.821. The van der Waals surface area contributed by atoms with Gasteiger partial charge >= 0.3 is 0 Å². The molecule has 3 rings (SSSR count). The second kappa shape index (κ2) is 7.18. The van der Waals surface area contributed by atoms with Crippen LogP contribution in [0.4, 0.5) is 5.69 Å². The average Bonchev–Trinajstić information content (AvgIpc) is 3.02. The molecular formula is C19H21NO3S. The molecule has 1 amide bonds. The van der Waals surface area contributed by atoms with Crippen LogP contribution in [0.1, 0.15) is 23.4 Å². The summed E-state index contributed by atoms with van der Waals surface area (Å²) < 4.78 is 10.9. The molecule has 0 saturated carbocycles. The van der Waals surface area contributed by atoms with Crippen molar-refractivity contribution in [3.05, 3.63) is 53.6 Å². The van der Waals surface area contributed by atoms with E-state index in [9.17, 15) is 4.79 Å². The van der Waals surface area contributed by atoms with Gasteiger partial charge in [0.2, 0.25) is 5.91 Å². The van der Waals surface area contributed by atoms with Gasteiger partial charge in [-0.25, -0.2) is 0 Å². The van der Waals surface area contributed by atoms with E-state index >= 15 is 0 Å². The van der Waals surface area contributed by atoms with Crippen LogP contribution >= 0.6 is 11.8 Å². The van der Waals surface area contributed by atoms with Gasteiger partial charge in [0, 0.05) is 11.3 Å². The number of benzene rings is 2. The van der Waals surface area contributed by atoms with E-state index in [0.29, 0.717) is 5.75 Å². The highest BCUT2D eigenvalue weighted by molar-refractivity contribution is 8.00. The topological polar surface area (TPSA) is 38.8 Å². The number of carbonyl (C=O) groups excluding carboxylic acids is 1. The van der Waals surface area contributed by atoms with E-state index in [1.54, 1.807) is 26.0 Å². The molecule has 1 aliphatic heterocycles. The Bertz CT molecular complexity index is 730. The predicted molar refractivity (Wildman–Crippen MR) is 98.1 cm³/mol. The molecule has 0 aromatic heterocycles. The van der Waals surface area contributed by atoms with E-state index in [4.69, 9.17) is 9.47 Å². The number of rotatable bonds is 5. The maximum absolute atomic E-state index is 12.5. The van der Waals surface area contributed by atoms with Gasteiger partial charge in [0.15, 0.2) is 0 Å². The summed E-state index contributed by atoms with van der Waals surface area (Å²) >= 11 is 1.61. The number of hydrogen-bond acceptors (Lipinski definition) is 4. The van der Waals surface area contributed by atoms with Gasteiger partial charge in [0.05, 0.1) is 20.0 Å². The van der Waals surface area contributed by atoms with Gasteiger partial charge in [0.25, 0.3) is 0 Å². The summed E-state index contributed by atoms with van der Waals surface area (Å²) in [6, 6.07) is 13.9. The van der Waals surface area contributed by atoms with Crippen LogP contribution in [0, 0.1) is 0 Å². The van der Waals surface area contributed by atoms with Gasteiger partial charge in [-0.3, -0.25) is 9.69 Å². The van der Waals surface area contributed by atoms with Crippen molar-refractivity contribution in [3.63, 3.8) is 0 Å². The molecule has 0 N–H and O–H groups in total. The summed E-state index contributed by atoms with van der Waals surface area (Å²) in [4.78, 5) is 14.3. The lowest BCUT2D eigenvalue weighted by molar-refractivity contribution is -0.115. The van der Waals surface area contributed by atoms with Gasteiger partial charge in [-0.2, -0.15) is 0 Å². The Labute approximate surface area is 146 Å². The molecule has 5 heteroatoms. The van der Waals surface area contributed by atoms with Gasteiger partial charge in [-0.15, -0.1) is 11.8 Å². The van der Waals surface area contributed by atoms with Crippen LogP contribution in [0.5, 0.6) is 11.5 Å². The van der Waals surface area contributed by atoms with E-state index in [1.807, 2.05) is 35.2 Å². The fraction of sp³-hybridized carbons (Fsp3) is 0.316. The van der Waals surface area contributed by atoms with Crippen molar-refractivity contribution in [1.29, 1.82) is 0 Å². The second-order valence-corrected chi connectivity index (χ2v) is 6.62. The lowest BCUT2D eigenvalue weighted by Gasteiger charge is -2.26. The lowest BCUT2D eigenvalue weighted by Crippen LogP contribution is -2.28. The van der Waals surface area contributed by atoms with Crippen molar-refractivity contribution in [2.75, 3.05) is 24.9 Å². The van der Waals surface area contributed by atoms with Crippen molar-refractivity contribution in [3.8, 4) is 11.5 Å². The normalized spacial score (nSPS) is 17.2. The van der Waals surface area contributed by atoms with E-state index in [2.05, 4.69) is 19.1 Å². The van der Waals surface area contributed by atoms with Crippen molar-refractivity contribution in [2.24, 2.45) is 0 Å². The minimum absolute atomic E-state index is 0.110. The number of nitrogens with zero attached hydrogens (tertiary/aromatic N) is 1. The summed E-state index contributed by atoms with van der Waals surface area (Å²) in [5.41, 5.74) is 3.12. The largest absolute Gasteiger partial charge is 0.497 e. The van der Waals surface area contributed by atoms with Gasteiger partial charge in [0.1, 0.15) is 16.9 Å². The van der Waals surface area contributed by atoms with Gasteiger partial charge in [-0.1, -0.05) is 19.1 Å². The number of carbonyl (C=O) groups is 1. The van der Waals surface area contributed by atoms with E-state index in [-0.39, 0.29) is 11.3 Å². The number of ether oxygens (including phenoxy) is 2. The number of thioether (sulfide) groups is 1. The van der Waals surface area contributed by atoms with E-state index < -0.39 is 0 Å². The van der Waals surface area contributed by atoms with Gasteiger partial charge in [-0.05, 0) is 42.3 Å². The molecule has 1 aliphatic rings. The third-order valence-corrected chi connectivity index (χ3v) is 5.39. The SMILES string of the molecule is CCc1ccc(N2C(=O)CS[C@@H]2c2cc(OC)ccc2OC)cc1. The van der Waals surface area contributed by atoms with Crippen molar-refractivity contribution in [2.45, 2.75) is 18.7 Å². The first kappa shape index (κ1) is 16.7. The van der Waals surface area contributed by atoms with Crippen LogP contribution in [-0.2, 0) is 11.2 Å². The molecule has 2 aromatic rings. The molecular weight excluding hydrogens is 322 g/mol. The molecule has 24 heavy (non-hydrogen) atoms. The third-order valence-electron chi connectivity index (χ3n) is 4.19. The molecule has 0 spiro atoms. The first-order chi connectivity index (χ1) is 11.7. The second-order valence-electron chi connectivity index (χ2n) is 5.55. The minimum atomic E-state index is -0.116. The van der Waals surface area contributed by atoms with Crippen LogP contribution in [0.2, 0.25) is 0 Å². The first-order valence-electron chi connectivity index (χ1n) is 7.92. The average molecular weight is 343 g/mol. The van der Waals surface area contributed by atoms with Crippen molar-refractivity contribution >= 4 is 23.4 Å². The van der Waals surface area contributed by atoms with Crippen LogP contribution in [-0.4, -0.2) is 25.9 Å². The maximum atomic E-state index is 12.5. The van der Waals surface area contributed by atoms with Crippen molar-refractivity contribution < 1.29 is 14.3 Å². The number of hydrogen-bond donors (Lipinski definition) is 0. The Hall–Kier alpha value is -2.14. The predicted octanol–water partition coefficient (Wildman–Crippen LogP) is 4.04. The third kappa shape index (κ3) is 3.08. The number of amides is 1. The van der Waals surface area contributed by atoms with Crippen LogP contribution in [0.25, 0.3) is 0 Å². The summed E-state index contributed by atoms with van der Waals surface area (Å²) in [6.45, 7) is 2.12. The molecule has 1 fully saturated rings. The highest BCUT2D eigenvalue weighted by Crippen LogP contribution is 2.45. The monoisotopic (exact) mass is 343 g/mol. The molecule has 126 valence electrons. The van der Waals surface area contributed by atoms with Crippen LogP contribution in [0.3, 0.4) is 0 Å². The Morgan fingerprint density at radius 3 is 2.50 bits per heavy atom. The fourth-order valence-corrected chi connectivity index (χ4v) is 4.05. The summed E-state index contributed by atoms with van der Waals surface area (Å²) in [7, 11) is 3.28. The summed E-state index contributed by atoms with van der Waals surface area (Å²) in [6.07, 6.45) is 0.982. The Balaban J connectivity index is 2.01. The maximum Gasteiger partial charge on any atom is 0.238 e.